The smallest absolute Gasteiger partial charge is 0.119 e. The first-order valence-electron chi connectivity index (χ1n) is 6.91. The largest absolute Gasteiger partial charge is 0.492 e. The van der Waals surface area contributed by atoms with Gasteiger partial charge in [-0.05, 0) is 51.0 Å². The van der Waals surface area contributed by atoms with Crippen LogP contribution in [0, 0.1) is 0 Å². The van der Waals surface area contributed by atoms with Crippen LogP contribution in [0.2, 0.25) is 0 Å². The van der Waals surface area contributed by atoms with E-state index >= 15 is 0 Å². The summed E-state index contributed by atoms with van der Waals surface area (Å²) in [6.45, 7) is 6.39. The minimum atomic E-state index is 0.684. The van der Waals surface area contributed by atoms with Crippen LogP contribution in [0.4, 0.5) is 5.69 Å². The average molecular weight is 248 g/mol. The molecular formula is C15H24N2O. The molecular weight excluding hydrogens is 224 g/mol. The van der Waals surface area contributed by atoms with Crippen molar-refractivity contribution in [1.82, 2.24) is 4.90 Å². The van der Waals surface area contributed by atoms with Crippen LogP contribution in [0.1, 0.15) is 33.1 Å². The van der Waals surface area contributed by atoms with E-state index in [0.29, 0.717) is 12.1 Å². The second kappa shape index (κ2) is 6.10. The van der Waals surface area contributed by atoms with Crippen LogP contribution in [0.15, 0.2) is 24.3 Å². The number of nitrogens with two attached hydrogens (primary N) is 1. The Balaban J connectivity index is 1.79. The second-order valence-electron chi connectivity index (χ2n) is 5.28. The SMILES string of the molecule is C[C@@H]1CCC[C@H](C)N1CCOc1ccc(N)cc1. The van der Waals surface area contributed by atoms with E-state index in [1.165, 1.54) is 19.3 Å². The third kappa shape index (κ3) is 3.39. The van der Waals surface area contributed by atoms with Gasteiger partial charge in [0, 0.05) is 24.3 Å². The van der Waals surface area contributed by atoms with E-state index in [-0.39, 0.29) is 0 Å². The summed E-state index contributed by atoms with van der Waals surface area (Å²) < 4.78 is 5.76. The molecule has 2 N–H and O–H groups in total. The minimum Gasteiger partial charge on any atom is -0.492 e. The van der Waals surface area contributed by atoms with Gasteiger partial charge in [0.05, 0.1) is 0 Å². The van der Waals surface area contributed by atoms with Crippen molar-refractivity contribution in [2.24, 2.45) is 0 Å². The summed E-state index contributed by atoms with van der Waals surface area (Å²) in [6, 6.07) is 8.98. The van der Waals surface area contributed by atoms with Gasteiger partial charge in [-0.1, -0.05) is 6.42 Å². The molecule has 3 nitrogen and oxygen atoms in total. The maximum absolute atomic E-state index is 5.76. The molecule has 18 heavy (non-hydrogen) atoms. The van der Waals surface area contributed by atoms with Crippen LogP contribution in [-0.2, 0) is 0 Å². The van der Waals surface area contributed by atoms with Crippen LogP contribution < -0.4 is 10.5 Å². The van der Waals surface area contributed by atoms with Crippen molar-refractivity contribution in [2.75, 3.05) is 18.9 Å². The van der Waals surface area contributed by atoms with Crippen molar-refractivity contribution in [3.63, 3.8) is 0 Å². The predicted octanol–water partition coefficient (Wildman–Crippen LogP) is 2.91. The van der Waals surface area contributed by atoms with E-state index in [2.05, 4.69) is 18.7 Å². The molecule has 1 saturated heterocycles. The van der Waals surface area contributed by atoms with Gasteiger partial charge < -0.3 is 10.5 Å². The highest BCUT2D eigenvalue weighted by Crippen LogP contribution is 2.22. The van der Waals surface area contributed by atoms with Gasteiger partial charge in [0.25, 0.3) is 0 Å². The first kappa shape index (κ1) is 13.2. The summed E-state index contributed by atoms with van der Waals surface area (Å²) >= 11 is 0. The van der Waals surface area contributed by atoms with Crippen molar-refractivity contribution >= 4 is 5.69 Å². The first-order chi connectivity index (χ1) is 8.66. The third-order valence-corrected chi connectivity index (χ3v) is 3.87. The number of benzene rings is 1. The molecule has 3 heteroatoms. The van der Waals surface area contributed by atoms with Crippen molar-refractivity contribution < 1.29 is 4.74 Å². The summed E-state index contributed by atoms with van der Waals surface area (Å²) in [5.41, 5.74) is 6.42. The number of ether oxygens (including phenoxy) is 1. The quantitative estimate of drug-likeness (QED) is 0.833. The molecule has 2 rings (SSSR count). The molecule has 0 radical (unpaired) electrons. The zero-order valence-electron chi connectivity index (χ0n) is 11.4. The highest BCUT2D eigenvalue weighted by molar-refractivity contribution is 5.41. The highest BCUT2D eigenvalue weighted by atomic mass is 16.5. The van der Waals surface area contributed by atoms with Gasteiger partial charge in [-0.2, -0.15) is 0 Å². The van der Waals surface area contributed by atoms with E-state index in [0.717, 1.165) is 24.6 Å². The molecule has 100 valence electrons. The van der Waals surface area contributed by atoms with Crippen LogP contribution in [0.25, 0.3) is 0 Å². The molecule has 0 amide bonds. The normalized spacial score (nSPS) is 25.0. The van der Waals surface area contributed by atoms with Gasteiger partial charge in [0.15, 0.2) is 0 Å². The van der Waals surface area contributed by atoms with E-state index in [4.69, 9.17) is 10.5 Å². The molecule has 0 aromatic heterocycles. The van der Waals surface area contributed by atoms with E-state index < -0.39 is 0 Å². The molecule has 0 unspecified atom stereocenters. The Morgan fingerprint density at radius 3 is 2.39 bits per heavy atom. The number of piperidine rings is 1. The number of anilines is 1. The Morgan fingerprint density at radius 1 is 1.17 bits per heavy atom. The number of nitrogen functional groups attached to an aromatic ring is 1. The topological polar surface area (TPSA) is 38.5 Å². The van der Waals surface area contributed by atoms with Gasteiger partial charge in [-0.15, -0.1) is 0 Å². The number of hydrogen-bond donors (Lipinski definition) is 1. The fourth-order valence-electron chi connectivity index (χ4n) is 2.75. The van der Waals surface area contributed by atoms with Crippen molar-refractivity contribution in [3.8, 4) is 5.75 Å². The molecule has 0 saturated carbocycles. The Morgan fingerprint density at radius 2 is 1.78 bits per heavy atom. The number of nitrogens with zero attached hydrogens (tertiary/aromatic N) is 1. The lowest BCUT2D eigenvalue weighted by molar-refractivity contribution is 0.0851. The summed E-state index contributed by atoms with van der Waals surface area (Å²) in [6.07, 6.45) is 3.98. The third-order valence-electron chi connectivity index (χ3n) is 3.87. The van der Waals surface area contributed by atoms with Crippen molar-refractivity contribution in [3.05, 3.63) is 24.3 Å². The molecule has 2 atom stereocenters. The molecule has 0 spiro atoms. The molecule has 0 bridgehead atoms. The Labute approximate surface area is 110 Å². The maximum atomic E-state index is 5.76. The fourth-order valence-corrected chi connectivity index (χ4v) is 2.75. The highest BCUT2D eigenvalue weighted by Gasteiger charge is 2.23. The molecule has 1 aliphatic rings. The lowest BCUT2D eigenvalue weighted by Gasteiger charge is -2.38. The standard InChI is InChI=1S/C15H24N2O/c1-12-4-3-5-13(2)17(12)10-11-18-15-8-6-14(16)7-9-15/h6-9,12-13H,3-5,10-11,16H2,1-2H3/t12-,13+. The molecule has 1 fully saturated rings. The number of likely N-dealkylation sites (tertiary alicyclic amines) is 1. The lowest BCUT2D eigenvalue weighted by atomic mass is 9.98. The molecule has 1 aromatic rings. The first-order valence-corrected chi connectivity index (χ1v) is 6.91. The molecule has 1 aliphatic heterocycles. The summed E-state index contributed by atoms with van der Waals surface area (Å²) in [7, 11) is 0. The number of rotatable bonds is 4. The average Bonchev–Trinajstić information content (AvgIpc) is 2.35. The zero-order chi connectivity index (χ0) is 13.0. The molecule has 0 aliphatic carbocycles. The minimum absolute atomic E-state index is 0.684. The Kier molecular flexibility index (Phi) is 4.48. The molecule has 1 heterocycles. The van der Waals surface area contributed by atoms with Crippen molar-refractivity contribution in [1.29, 1.82) is 0 Å². The van der Waals surface area contributed by atoms with E-state index in [1.54, 1.807) is 0 Å². The maximum Gasteiger partial charge on any atom is 0.119 e. The van der Waals surface area contributed by atoms with Gasteiger partial charge in [-0.3, -0.25) is 4.90 Å². The zero-order valence-corrected chi connectivity index (χ0v) is 11.4. The van der Waals surface area contributed by atoms with Crippen LogP contribution >= 0.6 is 0 Å². The summed E-state index contributed by atoms with van der Waals surface area (Å²) in [5.74, 6) is 0.904. The van der Waals surface area contributed by atoms with Crippen LogP contribution in [0.3, 0.4) is 0 Å². The van der Waals surface area contributed by atoms with Gasteiger partial charge in [-0.25, -0.2) is 0 Å². The van der Waals surface area contributed by atoms with E-state index in [1.807, 2.05) is 24.3 Å². The monoisotopic (exact) mass is 248 g/mol. The predicted molar refractivity (Wildman–Crippen MR) is 75.8 cm³/mol. The lowest BCUT2D eigenvalue weighted by Crippen LogP contribution is -2.45. The summed E-state index contributed by atoms with van der Waals surface area (Å²) in [4.78, 5) is 2.56. The fraction of sp³-hybridized carbons (Fsp3) is 0.600. The number of hydrogen-bond acceptors (Lipinski definition) is 3. The van der Waals surface area contributed by atoms with Crippen LogP contribution in [0.5, 0.6) is 5.75 Å². The second-order valence-corrected chi connectivity index (χ2v) is 5.28. The van der Waals surface area contributed by atoms with Gasteiger partial charge in [0.1, 0.15) is 12.4 Å². The van der Waals surface area contributed by atoms with Crippen LogP contribution in [-0.4, -0.2) is 30.1 Å². The van der Waals surface area contributed by atoms with Crippen molar-refractivity contribution in [2.45, 2.75) is 45.2 Å². The Hall–Kier alpha value is -1.22. The Bertz CT molecular complexity index is 353. The van der Waals surface area contributed by atoms with Gasteiger partial charge >= 0.3 is 0 Å². The molecule has 1 aromatic carbocycles. The van der Waals surface area contributed by atoms with Gasteiger partial charge in [0.2, 0.25) is 0 Å². The summed E-state index contributed by atoms with van der Waals surface area (Å²) in [5, 5.41) is 0. The van der Waals surface area contributed by atoms with E-state index in [9.17, 15) is 0 Å².